The molecular formula is C13H20F3N3O3. The lowest BCUT2D eigenvalue weighted by atomic mass is 10.0. The molecule has 0 aliphatic carbocycles. The standard InChI is InChI=1S/C13H20F3N3O3/c1-17-12(22)10(20)8(5-6-13(14,15)16)18-11(21)9-4-3-7-19(9)2/h8-9H,3-7H2,1-2H3,(H,17,22)(H,18,21). The number of carbonyl (C=O) groups is 3. The molecule has 2 unspecified atom stereocenters. The molecule has 0 saturated carbocycles. The number of Topliss-reactive ketones (excluding diaryl/α,β-unsaturated/α-hetero) is 1. The second-order valence-corrected chi connectivity index (χ2v) is 5.30. The highest BCUT2D eigenvalue weighted by Gasteiger charge is 2.35. The fourth-order valence-corrected chi connectivity index (χ4v) is 2.37. The first-order valence-electron chi connectivity index (χ1n) is 6.99. The Morgan fingerprint density at radius 1 is 1.32 bits per heavy atom. The first-order valence-corrected chi connectivity index (χ1v) is 6.99. The monoisotopic (exact) mass is 323 g/mol. The van der Waals surface area contributed by atoms with Gasteiger partial charge in [-0.15, -0.1) is 0 Å². The van der Waals surface area contributed by atoms with Crippen LogP contribution in [0.3, 0.4) is 0 Å². The van der Waals surface area contributed by atoms with E-state index in [1.807, 2.05) is 0 Å². The van der Waals surface area contributed by atoms with Gasteiger partial charge in [-0.25, -0.2) is 0 Å². The molecule has 126 valence electrons. The molecule has 1 saturated heterocycles. The summed E-state index contributed by atoms with van der Waals surface area (Å²) in [5.74, 6) is -2.61. The van der Waals surface area contributed by atoms with E-state index in [4.69, 9.17) is 0 Å². The second-order valence-electron chi connectivity index (χ2n) is 5.30. The number of nitrogens with zero attached hydrogens (tertiary/aromatic N) is 1. The fourth-order valence-electron chi connectivity index (χ4n) is 2.37. The summed E-state index contributed by atoms with van der Waals surface area (Å²) in [5, 5.41) is 4.35. The molecule has 1 heterocycles. The number of rotatable bonds is 6. The van der Waals surface area contributed by atoms with Crippen LogP contribution in [-0.4, -0.2) is 61.4 Å². The van der Waals surface area contributed by atoms with Crippen molar-refractivity contribution < 1.29 is 27.6 Å². The maximum atomic E-state index is 12.3. The number of hydrogen-bond donors (Lipinski definition) is 2. The highest BCUT2D eigenvalue weighted by atomic mass is 19.4. The summed E-state index contributed by atoms with van der Waals surface area (Å²) in [5.41, 5.74) is 0. The Kier molecular flexibility index (Phi) is 6.34. The lowest BCUT2D eigenvalue weighted by molar-refractivity contribution is -0.146. The number of amides is 2. The summed E-state index contributed by atoms with van der Waals surface area (Å²) in [7, 11) is 2.93. The van der Waals surface area contributed by atoms with Crippen molar-refractivity contribution in [3.8, 4) is 0 Å². The maximum Gasteiger partial charge on any atom is 0.389 e. The molecule has 0 aromatic rings. The maximum absolute atomic E-state index is 12.3. The van der Waals surface area contributed by atoms with Gasteiger partial charge in [0, 0.05) is 13.5 Å². The van der Waals surface area contributed by atoms with Gasteiger partial charge in [-0.1, -0.05) is 0 Å². The van der Waals surface area contributed by atoms with Gasteiger partial charge in [-0.3, -0.25) is 19.3 Å². The van der Waals surface area contributed by atoms with Crippen molar-refractivity contribution in [2.24, 2.45) is 0 Å². The molecule has 1 rings (SSSR count). The van der Waals surface area contributed by atoms with Gasteiger partial charge >= 0.3 is 6.18 Å². The predicted molar refractivity (Wildman–Crippen MR) is 71.9 cm³/mol. The van der Waals surface area contributed by atoms with E-state index >= 15 is 0 Å². The van der Waals surface area contributed by atoms with E-state index in [0.29, 0.717) is 13.0 Å². The Bertz CT molecular complexity index is 440. The topological polar surface area (TPSA) is 78.5 Å². The molecule has 1 aliphatic rings. The first-order chi connectivity index (χ1) is 10.2. The normalized spacial score (nSPS) is 20.5. The molecule has 9 heteroatoms. The van der Waals surface area contributed by atoms with E-state index in [0.717, 1.165) is 6.42 Å². The van der Waals surface area contributed by atoms with E-state index in [9.17, 15) is 27.6 Å². The van der Waals surface area contributed by atoms with E-state index < -0.39 is 48.7 Å². The van der Waals surface area contributed by atoms with Gasteiger partial charge in [0.05, 0.1) is 12.1 Å². The first kappa shape index (κ1) is 18.4. The number of nitrogens with one attached hydrogen (secondary N) is 2. The van der Waals surface area contributed by atoms with Crippen molar-refractivity contribution in [2.45, 2.75) is 43.9 Å². The highest BCUT2D eigenvalue weighted by molar-refractivity contribution is 6.38. The third-order valence-electron chi connectivity index (χ3n) is 3.62. The highest BCUT2D eigenvalue weighted by Crippen LogP contribution is 2.23. The zero-order valence-electron chi connectivity index (χ0n) is 12.5. The van der Waals surface area contributed by atoms with Crippen LogP contribution in [0.25, 0.3) is 0 Å². The number of hydrogen-bond acceptors (Lipinski definition) is 4. The van der Waals surface area contributed by atoms with Crippen molar-refractivity contribution in [2.75, 3.05) is 20.6 Å². The number of halogens is 3. The zero-order valence-corrected chi connectivity index (χ0v) is 12.5. The third-order valence-corrected chi connectivity index (χ3v) is 3.62. The molecule has 1 aliphatic heterocycles. The predicted octanol–water partition coefficient (Wildman–Crippen LogP) is 0.223. The lowest BCUT2D eigenvalue weighted by Crippen LogP contribution is -2.51. The molecule has 2 amide bonds. The van der Waals surface area contributed by atoms with E-state index in [2.05, 4.69) is 10.6 Å². The molecule has 0 aromatic carbocycles. The van der Waals surface area contributed by atoms with Gasteiger partial charge in [0.25, 0.3) is 5.91 Å². The Labute approximate surface area is 126 Å². The SMILES string of the molecule is CNC(=O)C(=O)C(CCC(F)(F)F)NC(=O)C1CCCN1C. The van der Waals surface area contributed by atoms with E-state index in [1.165, 1.54) is 7.05 Å². The summed E-state index contributed by atoms with van der Waals surface area (Å²) in [6, 6.07) is -1.95. The molecular weight excluding hydrogens is 303 g/mol. The summed E-state index contributed by atoms with van der Waals surface area (Å²) in [4.78, 5) is 37.0. The van der Waals surface area contributed by atoms with Crippen molar-refractivity contribution >= 4 is 17.6 Å². The zero-order chi connectivity index (χ0) is 16.9. The minimum atomic E-state index is -4.46. The van der Waals surface area contributed by atoms with E-state index in [1.54, 1.807) is 11.9 Å². The van der Waals surface area contributed by atoms with Crippen LogP contribution in [0.15, 0.2) is 0 Å². The third kappa shape index (κ3) is 5.28. The van der Waals surface area contributed by atoms with Crippen LogP contribution in [0.1, 0.15) is 25.7 Å². The van der Waals surface area contributed by atoms with Crippen LogP contribution in [0.5, 0.6) is 0 Å². The number of alkyl halides is 3. The number of carbonyl (C=O) groups excluding carboxylic acids is 3. The molecule has 2 atom stereocenters. The Morgan fingerprint density at radius 3 is 2.41 bits per heavy atom. The molecule has 0 spiro atoms. The molecule has 6 nitrogen and oxygen atoms in total. The molecule has 0 aromatic heterocycles. The van der Waals surface area contributed by atoms with Crippen LogP contribution in [0.2, 0.25) is 0 Å². The molecule has 0 radical (unpaired) electrons. The number of ketones is 1. The summed E-state index contributed by atoms with van der Waals surface area (Å²) < 4.78 is 37.0. The van der Waals surface area contributed by atoms with Crippen molar-refractivity contribution in [3.05, 3.63) is 0 Å². The van der Waals surface area contributed by atoms with Crippen LogP contribution in [0, 0.1) is 0 Å². The van der Waals surface area contributed by atoms with Gasteiger partial charge in [0.1, 0.15) is 0 Å². The van der Waals surface area contributed by atoms with Gasteiger partial charge in [0.2, 0.25) is 11.7 Å². The van der Waals surface area contributed by atoms with Crippen molar-refractivity contribution in [1.29, 1.82) is 0 Å². The second kappa shape index (κ2) is 7.57. The Morgan fingerprint density at radius 2 is 1.95 bits per heavy atom. The molecule has 22 heavy (non-hydrogen) atoms. The molecule has 2 N–H and O–H groups in total. The summed E-state index contributed by atoms with van der Waals surface area (Å²) in [6.45, 7) is 0.703. The van der Waals surface area contributed by atoms with Crippen molar-refractivity contribution in [3.63, 3.8) is 0 Å². The average molecular weight is 323 g/mol. The van der Waals surface area contributed by atoms with Crippen LogP contribution in [0.4, 0.5) is 13.2 Å². The van der Waals surface area contributed by atoms with Gasteiger partial charge < -0.3 is 10.6 Å². The summed E-state index contributed by atoms with van der Waals surface area (Å²) >= 11 is 0. The Hall–Kier alpha value is -1.64. The van der Waals surface area contributed by atoms with Crippen LogP contribution < -0.4 is 10.6 Å². The molecule has 1 fully saturated rings. The minimum absolute atomic E-state index is 0.481. The van der Waals surface area contributed by atoms with Gasteiger partial charge in [-0.2, -0.15) is 13.2 Å². The van der Waals surface area contributed by atoms with Gasteiger partial charge in [-0.05, 0) is 32.9 Å². The minimum Gasteiger partial charge on any atom is -0.353 e. The Balaban J connectivity index is 2.74. The smallest absolute Gasteiger partial charge is 0.353 e. The van der Waals surface area contributed by atoms with Crippen LogP contribution in [-0.2, 0) is 14.4 Å². The fraction of sp³-hybridized carbons (Fsp3) is 0.769. The van der Waals surface area contributed by atoms with Crippen LogP contribution >= 0.6 is 0 Å². The number of likely N-dealkylation sites (N-methyl/N-ethyl adjacent to an activating group) is 2. The molecule has 0 bridgehead atoms. The average Bonchev–Trinajstić information content (AvgIpc) is 2.86. The summed E-state index contributed by atoms with van der Waals surface area (Å²) in [6.07, 6.45) is -5.00. The largest absolute Gasteiger partial charge is 0.389 e. The number of likely N-dealkylation sites (tertiary alicyclic amines) is 1. The quantitative estimate of drug-likeness (QED) is 0.686. The van der Waals surface area contributed by atoms with E-state index in [-0.39, 0.29) is 0 Å². The lowest BCUT2D eigenvalue weighted by Gasteiger charge is -2.23. The van der Waals surface area contributed by atoms with Gasteiger partial charge in [0.15, 0.2) is 0 Å². The van der Waals surface area contributed by atoms with Crippen molar-refractivity contribution in [1.82, 2.24) is 15.5 Å².